The Hall–Kier alpha value is -3.50. The van der Waals surface area contributed by atoms with Gasteiger partial charge in [-0.1, -0.05) is 23.4 Å². The van der Waals surface area contributed by atoms with Crippen LogP contribution in [0.3, 0.4) is 0 Å². The number of nitrogens with zero attached hydrogens (tertiary/aromatic N) is 3. The van der Waals surface area contributed by atoms with Gasteiger partial charge in [-0.05, 0) is 23.6 Å². The fraction of sp³-hybridized carbons (Fsp3) is 0.273. The van der Waals surface area contributed by atoms with Gasteiger partial charge in [0.15, 0.2) is 0 Å². The van der Waals surface area contributed by atoms with E-state index in [0.717, 1.165) is 4.88 Å². The zero-order valence-corrected chi connectivity index (χ0v) is 17.9. The molecule has 0 unspecified atom stereocenters. The second-order valence-corrected chi connectivity index (χ2v) is 8.19. The molecule has 1 saturated heterocycles. The first-order chi connectivity index (χ1) is 15.7. The SMILES string of the molecule is O=C(CCc1nc(-c2cccs2)no1)Nc1c(C(=O)N2CCOCC2)oc2ccccc12. The third kappa shape index (κ3) is 4.14. The van der Waals surface area contributed by atoms with Crippen LogP contribution >= 0.6 is 11.3 Å². The van der Waals surface area contributed by atoms with Crippen LogP contribution in [0.25, 0.3) is 21.7 Å². The maximum absolute atomic E-state index is 13.1. The van der Waals surface area contributed by atoms with E-state index in [1.165, 1.54) is 11.3 Å². The summed E-state index contributed by atoms with van der Waals surface area (Å²) in [5.74, 6) is 0.472. The summed E-state index contributed by atoms with van der Waals surface area (Å²) in [5.41, 5.74) is 0.920. The largest absolute Gasteiger partial charge is 0.449 e. The number of carbonyl (C=O) groups excluding carboxylic acids is 2. The molecule has 1 aromatic carbocycles. The first-order valence-corrected chi connectivity index (χ1v) is 11.1. The van der Waals surface area contributed by atoms with E-state index in [4.69, 9.17) is 13.7 Å². The van der Waals surface area contributed by atoms with Gasteiger partial charge < -0.3 is 23.9 Å². The number of hydrogen-bond acceptors (Lipinski definition) is 8. The van der Waals surface area contributed by atoms with Crippen molar-refractivity contribution in [3.63, 3.8) is 0 Å². The molecule has 0 radical (unpaired) electrons. The number of aromatic nitrogens is 2. The van der Waals surface area contributed by atoms with Crippen LogP contribution in [-0.4, -0.2) is 53.2 Å². The zero-order chi connectivity index (χ0) is 21.9. The number of thiophene rings is 1. The smallest absolute Gasteiger partial charge is 0.291 e. The van der Waals surface area contributed by atoms with Gasteiger partial charge in [0.2, 0.25) is 23.4 Å². The minimum absolute atomic E-state index is 0.122. The van der Waals surface area contributed by atoms with Crippen molar-refractivity contribution in [2.75, 3.05) is 31.6 Å². The van der Waals surface area contributed by atoms with E-state index in [1.807, 2.05) is 35.7 Å². The molecule has 1 fully saturated rings. The number of rotatable bonds is 6. The summed E-state index contributed by atoms with van der Waals surface area (Å²) < 4.78 is 16.4. The average Bonchev–Trinajstić information content (AvgIpc) is 3.58. The van der Waals surface area contributed by atoms with Crippen molar-refractivity contribution in [1.82, 2.24) is 15.0 Å². The van der Waals surface area contributed by atoms with Crippen LogP contribution in [0.2, 0.25) is 0 Å². The number of anilines is 1. The molecule has 0 atom stereocenters. The molecule has 4 heterocycles. The second kappa shape index (κ2) is 8.93. The molecule has 0 aliphatic carbocycles. The number of benzene rings is 1. The number of furan rings is 1. The van der Waals surface area contributed by atoms with Gasteiger partial charge in [-0.2, -0.15) is 4.98 Å². The summed E-state index contributed by atoms with van der Waals surface area (Å²) in [5, 5.41) is 9.43. The molecule has 0 bridgehead atoms. The third-order valence-electron chi connectivity index (χ3n) is 5.13. The predicted molar refractivity (Wildman–Crippen MR) is 117 cm³/mol. The van der Waals surface area contributed by atoms with E-state index in [-0.39, 0.29) is 30.4 Å². The fourth-order valence-corrected chi connectivity index (χ4v) is 4.16. The summed E-state index contributed by atoms with van der Waals surface area (Å²) in [6, 6.07) is 11.1. The topological polar surface area (TPSA) is 111 Å². The van der Waals surface area contributed by atoms with Crippen molar-refractivity contribution in [2.24, 2.45) is 0 Å². The molecule has 9 nitrogen and oxygen atoms in total. The van der Waals surface area contributed by atoms with E-state index in [2.05, 4.69) is 15.5 Å². The molecule has 0 saturated carbocycles. The lowest BCUT2D eigenvalue weighted by Gasteiger charge is -2.26. The molecule has 3 aromatic heterocycles. The summed E-state index contributed by atoms with van der Waals surface area (Å²) in [6.07, 6.45) is 0.406. The van der Waals surface area contributed by atoms with Crippen LogP contribution < -0.4 is 5.32 Å². The number of morpholine rings is 1. The average molecular weight is 452 g/mol. The van der Waals surface area contributed by atoms with Gasteiger partial charge in [0.25, 0.3) is 5.91 Å². The number of para-hydroxylation sites is 1. The number of aryl methyl sites for hydroxylation is 1. The van der Waals surface area contributed by atoms with Crippen molar-refractivity contribution in [1.29, 1.82) is 0 Å². The van der Waals surface area contributed by atoms with Gasteiger partial charge in [-0.3, -0.25) is 9.59 Å². The fourth-order valence-electron chi connectivity index (χ4n) is 3.51. The highest BCUT2D eigenvalue weighted by molar-refractivity contribution is 7.13. The summed E-state index contributed by atoms with van der Waals surface area (Å²) >= 11 is 1.52. The molecule has 32 heavy (non-hydrogen) atoms. The van der Waals surface area contributed by atoms with Crippen molar-refractivity contribution >= 4 is 39.8 Å². The highest BCUT2D eigenvalue weighted by Gasteiger charge is 2.27. The summed E-state index contributed by atoms with van der Waals surface area (Å²) in [6.45, 7) is 1.91. The summed E-state index contributed by atoms with van der Waals surface area (Å²) in [7, 11) is 0. The Morgan fingerprint density at radius 2 is 1.97 bits per heavy atom. The summed E-state index contributed by atoms with van der Waals surface area (Å²) in [4.78, 5) is 32.7. The van der Waals surface area contributed by atoms with E-state index in [1.54, 1.807) is 11.0 Å². The highest BCUT2D eigenvalue weighted by atomic mass is 32.1. The van der Waals surface area contributed by atoms with Gasteiger partial charge in [0, 0.05) is 31.3 Å². The van der Waals surface area contributed by atoms with Crippen LogP contribution in [0.5, 0.6) is 0 Å². The normalized spacial score (nSPS) is 14.1. The second-order valence-electron chi connectivity index (χ2n) is 7.24. The first-order valence-electron chi connectivity index (χ1n) is 10.2. The molecule has 1 aliphatic rings. The Morgan fingerprint density at radius 3 is 2.78 bits per heavy atom. The van der Waals surface area contributed by atoms with Gasteiger partial charge >= 0.3 is 0 Å². The Labute approximate surface area is 187 Å². The quantitative estimate of drug-likeness (QED) is 0.476. The minimum Gasteiger partial charge on any atom is -0.449 e. The van der Waals surface area contributed by atoms with Gasteiger partial charge in [0.05, 0.1) is 18.1 Å². The highest BCUT2D eigenvalue weighted by Crippen LogP contribution is 2.32. The lowest BCUT2D eigenvalue weighted by Crippen LogP contribution is -2.40. The molecule has 4 aromatic rings. The van der Waals surface area contributed by atoms with Crippen LogP contribution in [0, 0.1) is 0 Å². The van der Waals surface area contributed by atoms with Crippen LogP contribution in [0.4, 0.5) is 5.69 Å². The first kappa shape index (κ1) is 20.4. The third-order valence-corrected chi connectivity index (χ3v) is 5.99. The molecular weight excluding hydrogens is 432 g/mol. The predicted octanol–water partition coefficient (Wildman–Crippen LogP) is 3.59. The molecule has 1 N–H and O–H groups in total. The number of amides is 2. The van der Waals surface area contributed by atoms with Crippen LogP contribution in [0.1, 0.15) is 22.9 Å². The molecular formula is C22H20N4O5S. The molecule has 164 valence electrons. The maximum Gasteiger partial charge on any atom is 0.291 e. The van der Waals surface area contributed by atoms with E-state index in [9.17, 15) is 9.59 Å². The standard InChI is InChI=1S/C22H20N4O5S/c27-17(7-8-18-24-21(25-31-18)16-6-3-13-32-16)23-19-14-4-1-2-5-15(14)30-20(19)22(28)26-9-11-29-12-10-26/h1-6,13H,7-12H2,(H,23,27). The molecule has 0 spiro atoms. The van der Waals surface area contributed by atoms with Crippen molar-refractivity contribution in [2.45, 2.75) is 12.8 Å². The van der Waals surface area contributed by atoms with E-state index in [0.29, 0.717) is 54.7 Å². The monoisotopic (exact) mass is 452 g/mol. The number of fused-ring (bicyclic) bond motifs is 1. The minimum atomic E-state index is -0.275. The Balaban J connectivity index is 1.31. The van der Waals surface area contributed by atoms with Gasteiger partial charge in [0.1, 0.15) is 11.3 Å². The Morgan fingerprint density at radius 1 is 1.12 bits per heavy atom. The lowest BCUT2D eigenvalue weighted by molar-refractivity contribution is -0.116. The van der Waals surface area contributed by atoms with Crippen molar-refractivity contribution in [3.05, 3.63) is 53.4 Å². The zero-order valence-electron chi connectivity index (χ0n) is 17.1. The van der Waals surface area contributed by atoms with Crippen LogP contribution in [0.15, 0.2) is 50.7 Å². The van der Waals surface area contributed by atoms with Crippen LogP contribution in [-0.2, 0) is 16.0 Å². The van der Waals surface area contributed by atoms with Crippen molar-refractivity contribution in [3.8, 4) is 10.7 Å². The van der Waals surface area contributed by atoms with Gasteiger partial charge in [-0.25, -0.2) is 0 Å². The Kier molecular flexibility index (Phi) is 5.70. The van der Waals surface area contributed by atoms with E-state index < -0.39 is 0 Å². The van der Waals surface area contributed by atoms with Gasteiger partial charge in [-0.15, -0.1) is 11.3 Å². The molecule has 2 amide bonds. The maximum atomic E-state index is 13.1. The molecule has 10 heteroatoms. The number of hydrogen-bond donors (Lipinski definition) is 1. The Bertz CT molecular complexity index is 1240. The number of nitrogens with one attached hydrogen (secondary N) is 1. The number of ether oxygens (including phenoxy) is 1. The number of carbonyl (C=O) groups is 2. The van der Waals surface area contributed by atoms with Crippen molar-refractivity contribution < 1.29 is 23.3 Å². The molecule has 5 rings (SSSR count). The van der Waals surface area contributed by atoms with E-state index >= 15 is 0 Å². The molecule has 1 aliphatic heterocycles. The lowest BCUT2D eigenvalue weighted by atomic mass is 10.2.